The standard InChI is InChI=1S/C12H10N4O3/c1-15-9-3-2-7(4-10(9)19-12(15)18)8-5-16(6-13)11(17)14-8/h2-4,8H,5H2,1H3,(H,14,17). The van der Waals surface area contributed by atoms with Gasteiger partial charge in [0.15, 0.2) is 11.8 Å². The summed E-state index contributed by atoms with van der Waals surface area (Å²) in [5.74, 6) is -0.429. The molecule has 7 nitrogen and oxygen atoms in total. The van der Waals surface area contributed by atoms with E-state index < -0.39 is 11.8 Å². The first-order chi connectivity index (χ1) is 9.10. The number of amides is 2. The molecular weight excluding hydrogens is 248 g/mol. The van der Waals surface area contributed by atoms with E-state index in [0.717, 1.165) is 10.5 Å². The number of hydrogen-bond acceptors (Lipinski definition) is 4. The number of aromatic nitrogens is 1. The Morgan fingerprint density at radius 3 is 2.95 bits per heavy atom. The molecule has 1 aromatic carbocycles. The minimum Gasteiger partial charge on any atom is -0.408 e. The van der Waals surface area contributed by atoms with Crippen LogP contribution in [0.3, 0.4) is 0 Å². The fraction of sp³-hybridized carbons (Fsp3) is 0.250. The summed E-state index contributed by atoms with van der Waals surface area (Å²) in [4.78, 5) is 23.9. The molecule has 1 N–H and O–H groups in total. The van der Waals surface area contributed by atoms with Crippen molar-refractivity contribution in [1.82, 2.24) is 14.8 Å². The third-order valence-corrected chi connectivity index (χ3v) is 3.25. The van der Waals surface area contributed by atoms with Crippen LogP contribution >= 0.6 is 0 Å². The Bertz CT molecular complexity index is 767. The summed E-state index contributed by atoms with van der Waals surface area (Å²) < 4.78 is 6.51. The zero-order chi connectivity index (χ0) is 13.6. The molecule has 19 heavy (non-hydrogen) atoms. The maximum absolute atomic E-state index is 11.4. The van der Waals surface area contributed by atoms with Crippen molar-refractivity contribution in [1.29, 1.82) is 5.26 Å². The quantitative estimate of drug-likeness (QED) is 0.761. The van der Waals surface area contributed by atoms with Crippen LogP contribution in [0.2, 0.25) is 0 Å². The summed E-state index contributed by atoms with van der Waals surface area (Å²) in [6, 6.07) is 4.59. The Kier molecular flexibility index (Phi) is 2.32. The normalized spacial score (nSPS) is 18.6. The lowest BCUT2D eigenvalue weighted by Gasteiger charge is -2.08. The smallest absolute Gasteiger partial charge is 0.408 e. The van der Waals surface area contributed by atoms with E-state index in [1.807, 2.05) is 12.3 Å². The minimum atomic E-state index is -0.429. The molecule has 1 unspecified atom stereocenters. The summed E-state index contributed by atoms with van der Waals surface area (Å²) in [7, 11) is 1.63. The van der Waals surface area contributed by atoms with Gasteiger partial charge in [0.05, 0.1) is 18.1 Å². The summed E-state index contributed by atoms with van der Waals surface area (Å²) in [6.45, 7) is 0.276. The van der Waals surface area contributed by atoms with E-state index in [4.69, 9.17) is 9.68 Å². The number of nitrogens with zero attached hydrogens (tertiary/aromatic N) is 3. The molecule has 1 atom stereocenters. The molecule has 0 aliphatic carbocycles. The Morgan fingerprint density at radius 1 is 1.47 bits per heavy atom. The highest BCUT2D eigenvalue weighted by molar-refractivity contribution is 5.79. The Labute approximate surface area is 107 Å². The number of nitrogens with one attached hydrogen (secondary N) is 1. The Morgan fingerprint density at radius 2 is 2.26 bits per heavy atom. The zero-order valence-electron chi connectivity index (χ0n) is 10.1. The average Bonchev–Trinajstić information content (AvgIpc) is 2.91. The van der Waals surface area contributed by atoms with Crippen molar-refractivity contribution >= 4 is 17.1 Å². The van der Waals surface area contributed by atoms with Gasteiger partial charge in [-0.15, -0.1) is 0 Å². The topological polar surface area (TPSA) is 91.3 Å². The summed E-state index contributed by atoms with van der Waals surface area (Å²) in [5.41, 5.74) is 1.96. The van der Waals surface area contributed by atoms with Gasteiger partial charge in [-0.25, -0.2) is 14.5 Å². The molecule has 2 amide bonds. The highest BCUT2D eigenvalue weighted by atomic mass is 16.4. The van der Waals surface area contributed by atoms with Gasteiger partial charge in [0.2, 0.25) is 0 Å². The van der Waals surface area contributed by atoms with Crippen LogP contribution in [0.25, 0.3) is 11.1 Å². The van der Waals surface area contributed by atoms with E-state index in [9.17, 15) is 9.59 Å². The number of oxazole rings is 1. The van der Waals surface area contributed by atoms with Crippen molar-refractivity contribution in [3.8, 4) is 6.19 Å². The van der Waals surface area contributed by atoms with Gasteiger partial charge in [0.1, 0.15) is 0 Å². The van der Waals surface area contributed by atoms with Gasteiger partial charge in [0.25, 0.3) is 0 Å². The molecule has 2 heterocycles. The number of nitriles is 1. The minimum absolute atomic E-state index is 0.276. The maximum atomic E-state index is 11.4. The molecule has 1 aliphatic rings. The van der Waals surface area contributed by atoms with Gasteiger partial charge < -0.3 is 9.73 Å². The second kappa shape index (κ2) is 3.88. The predicted octanol–water partition coefficient (Wildman–Crippen LogP) is 0.679. The fourth-order valence-electron chi connectivity index (χ4n) is 2.18. The van der Waals surface area contributed by atoms with Crippen LogP contribution in [0.1, 0.15) is 11.6 Å². The molecule has 2 aromatic rings. The van der Waals surface area contributed by atoms with Crippen molar-refractivity contribution in [2.45, 2.75) is 6.04 Å². The highest BCUT2D eigenvalue weighted by Crippen LogP contribution is 2.23. The van der Waals surface area contributed by atoms with Gasteiger partial charge in [-0.1, -0.05) is 6.07 Å². The summed E-state index contributed by atoms with van der Waals surface area (Å²) >= 11 is 0. The third-order valence-electron chi connectivity index (χ3n) is 3.25. The highest BCUT2D eigenvalue weighted by Gasteiger charge is 2.30. The lowest BCUT2D eigenvalue weighted by molar-refractivity contribution is 0.232. The Hall–Kier alpha value is -2.75. The van der Waals surface area contributed by atoms with Gasteiger partial charge in [0, 0.05) is 7.05 Å². The molecule has 0 spiro atoms. The van der Waals surface area contributed by atoms with Crippen LogP contribution in [0.4, 0.5) is 4.79 Å². The van der Waals surface area contributed by atoms with Crippen molar-refractivity contribution in [2.24, 2.45) is 7.05 Å². The number of carbonyl (C=O) groups is 1. The van der Waals surface area contributed by atoms with E-state index >= 15 is 0 Å². The number of fused-ring (bicyclic) bond motifs is 1. The van der Waals surface area contributed by atoms with E-state index in [2.05, 4.69) is 5.32 Å². The van der Waals surface area contributed by atoms with Crippen molar-refractivity contribution in [2.75, 3.05) is 6.54 Å². The van der Waals surface area contributed by atoms with E-state index in [1.165, 1.54) is 4.57 Å². The van der Waals surface area contributed by atoms with Crippen molar-refractivity contribution in [3.05, 3.63) is 34.3 Å². The second-order valence-electron chi connectivity index (χ2n) is 4.37. The number of hydrogen-bond donors (Lipinski definition) is 1. The number of carbonyl (C=O) groups excluding carboxylic acids is 1. The molecule has 3 rings (SSSR count). The lowest BCUT2D eigenvalue weighted by Crippen LogP contribution is -2.23. The summed E-state index contributed by atoms with van der Waals surface area (Å²) in [6.07, 6.45) is 1.81. The maximum Gasteiger partial charge on any atom is 0.419 e. The first kappa shape index (κ1) is 11.3. The Balaban J connectivity index is 2.01. The molecule has 96 valence electrons. The number of aryl methyl sites for hydroxylation is 1. The van der Waals surface area contributed by atoms with Gasteiger partial charge in [-0.3, -0.25) is 4.57 Å². The first-order valence-electron chi connectivity index (χ1n) is 5.67. The van der Waals surface area contributed by atoms with Crippen LogP contribution in [0.5, 0.6) is 0 Å². The lowest BCUT2D eigenvalue weighted by atomic mass is 10.1. The molecule has 1 aliphatic heterocycles. The molecule has 0 saturated carbocycles. The van der Waals surface area contributed by atoms with Crippen LogP contribution in [0, 0.1) is 11.5 Å². The van der Waals surface area contributed by atoms with Crippen molar-refractivity contribution in [3.63, 3.8) is 0 Å². The van der Waals surface area contributed by atoms with Gasteiger partial charge >= 0.3 is 11.8 Å². The van der Waals surface area contributed by atoms with Crippen LogP contribution < -0.4 is 11.1 Å². The first-order valence-corrected chi connectivity index (χ1v) is 5.67. The monoisotopic (exact) mass is 258 g/mol. The van der Waals surface area contributed by atoms with Crippen LogP contribution in [-0.4, -0.2) is 22.0 Å². The number of benzene rings is 1. The molecule has 1 saturated heterocycles. The number of rotatable bonds is 1. The molecule has 7 heteroatoms. The fourth-order valence-corrected chi connectivity index (χ4v) is 2.18. The molecule has 1 aromatic heterocycles. The summed E-state index contributed by atoms with van der Waals surface area (Å²) in [5, 5.41) is 11.5. The average molecular weight is 258 g/mol. The number of urea groups is 1. The molecule has 0 bridgehead atoms. The van der Waals surface area contributed by atoms with Gasteiger partial charge in [-0.2, -0.15) is 5.26 Å². The predicted molar refractivity (Wildman–Crippen MR) is 65.0 cm³/mol. The largest absolute Gasteiger partial charge is 0.419 e. The zero-order valence-corrected chi connectivity index (χ0v) is 10.1. The van der Waals surface area contributed by atoms with E-state index in [-0.39, 0.29) is 12.6 Å². The van der Waals surface area contributed by atoms with E-state index in [1.54, 1.807) is 19.2 Å². The van der Waals surface area contributed by atoms with Gasteiger partial charge in [-0.05, 0) is 17.7 Å². The molecule has 1 fully saturated rings. The second-order valence-corrected chi connectivity index (χ2v) is 4.37. The van der Waals surface area contributed by atoms with E-state index in [0.29, 0.717) is 11.1 Å². The SMILES string of the molecule is Cn1c(=O)oc2cc(C3CN(C#N)C(=O)N3)ccc21. The van der Waals surface area contributed by atoms with Crippen molar-refractivity contribution < 1.29 is 9.21 Å². The third kappa shape index (κ3) is 1.65. The van der Waals surface area contributed by atoms with Crippen LogP contribution in [0.15, 0.2) is 27.4 Å². The molecule has 0 radical (unpaired) electrons. The van der Waals surface area contributed by atoms with Crippen LogP contribution in [-0.2, 0) is 7.05 Å². The molecular formula is C12H10N4O3.